The fourth-order valence-corrected chi connectivity index (χ4v) is 2.52. The van der Waals surface area contributed by atoms with E-state index in [9.17, 15) is 9.59 Å². The molecule has 0 amide bonds. The van der Waals surface area contributed by atoms with E-state index in [-0.39, 0.29) is 6.54 Å². The van der Waals surface area contributed by atoms with Crippen LogP contribution in [0.4, 0.5) is 5.69 Å². The molecule has 0 spiro atoms. The molecule has 1 unspecified atom stereocenters. The lowest BCUT2D eigenvalue weighted by molar-refractivity contribution is -0.107. The van der Waals surface area contributed by atoms with E-state index < -0.39 is 0 Å². The first kappa shape index (κ1) is 22.0. The number of aldehydes is 2. The van der Waals surface area contributed by atoms with E-state index in [2.05, 4.69) is 21.6 Å². The van der Waals surface area contributed by atoms with Crippen molar-refractivity contribution in [2.45, 2.75) is 46.1 Å². The van der Waals surface area contributed by atoms with Crippen LogP contribution in [0.2, 0.25) is 0 Å². The Hall–Kier alpha value is -2.01. The third-order valence-corrected chi connectivity index (χ3v) is 3.50. The zero-order valence-electron chi connectivity index (χ0n) is 15.5. The molecule has 1 aliphatic heterocycles. The summed E-state index contributed by atoms with van der Waals surface area (Å²) in [7, 11) is 3.25. The molecule has 0 saturated carbocycles. The van der Waals surface area contributed by atoms with Crippen molar-refractivity contribution in [3.8, 4) is 0 Å². The van der Waals surface area contributed by atoms with Crippen LogP contribution in [0.3, 0.4) is 0 Å². The molecule has 1 aromatic rings. The number of rotatable bonds is 5. The number of aliphatic imine (C=N–C) groups is 1. The summed E-state index contributed by atoms with van der Waals surface area (Å²) in [5.41, 5.74) is 3.42. The maximum Gasteiger partial charge on any atom is 0.141 e. The molecule has 0 bridgehead atoms. The van der Waals surface area contributed by atoms with Crippen LogP contribution in [-0.2, 0) is 27.2 Å². The first-order valence-corrected chi connectivity index (χ1v) is 8.36. The van der Waals surface area contributed by atoms with Gasteiger partial charge in [0.15, 0.2) is 0 Å². The molecule has 1 aliphatic rings. The van der Waals surface area contributed by atoms with Crippen molar-refractivity contribution in [3.63, 3.8) is 0 Å². The van der Waals surface area contributed by atoms with Crippen LogP contribution in [0.1, 0.15) is 38.3 Å². The third kappa shape index (κ3) is 6.62. The SMILES string of the molecule is CC.CC1CCc2c(CC=O)cccc2N1C=NCC=O.COC. The minimum absolute atomic E-state index is 0.187. The van der Waals surface area contributed by atoms with Gasteiger partial charge in [-0.1, -0.05) is 26.0 Å². The Morgan fingerprint density at radius 2 is 1.92 bits per heavy atom. The molecule has 1 heterocycles. The maximum absolute atomic E-state index is 10.7. The van der Waals surface area contributed by atoms with Crippen molar-refractivity contribution in [3.05, 3.63) is 29.3 Å². The highest BCUT2D eigenvalue weighted by molar-refractivity contribution is 5.83. The Bertz CT molecular complexity index is 515. The van der Waals surface area contributed by atoms with Crippen molar-refractivity contribution in [2.24, 2.45) is 4.99 Å². The zero-order valence-corrected chi connectivity index (χ0v) is 15.5. The van der Waals surface area contributed by atoms with Gasteiger partial charge in [0.05, 0.1) is 12.9 Å². The summed E-state index contributed by atoms with van der Waals surface area (Å²) >= 11 is 0. The first-order valence-electron chi connectivity index (χ1n) is 8.36. The van der Waals surface area contributed by atoms with Crippen LogP contribution >= 0.6 is 0 Å². The topological polar surface area (TPSA) is 59.0 Å². The summed E-state index contributed by atoms with van der Waals surface area (Å²) in [6, 6.07) is 6.38. The Labute approximate surface area is 145 Å². The van der Waals surface area contributed by atoms with E-state index in [1.807, 2.05) is 32.0 Å². The number of benzene rings is 1. The summed E-state index contributed by atoms with van der Waals surface area (Å²) in [4.78, 5) is 27.3. The second kappa shape index (κ2) is 13.4. The summed E-state index contributed by atoms with van der Waals surface area (Å²) < 4.78 is 4.25. The Balaban J connectivity index is 0.000000952. The van der Waals surface area contributed by atoms with Crippen LogP contribution in [0.25, 0.3) is 0 Å². The lowest BCUT2D eigenvalue weighted by Crippen LogP contribution is -2.36. The average molecular weight is 334 g/mol. The van der Waals surface area contributed by atoms with Gasteiger partial charge in [0.1, 0.15) is 12.6 Å². The van der Waals surface area contributed by atoms with Gasteiger partial charge in [-0.05, 0) is 37.0 Å². The lowest BCUT2D eigenvalue weighted by atomic mass is 9.92. The van der Waals surface area contributed by atoms with E-state index in [4.69, 9.17) is 0 Å². The van der Waals surface area contributed by atoms with Gasteiger partial charge in [0.25, 0.3) is 0 Å². The zero-order chi connectivity index (χ0) is 18.4. The molecule has 134 valence electrons. The lowest BCUT2D eigenvalue weighted by Gasteiger charge is -2.34. The highest BCUT2D eigenvalue weighted by Gasteiger charge is 2.23. The van der Waals surface area contributed by atoms with Crippen LogP contribution in [0, 0.1) is 0 Å². The molecule has 1 aromatic carbocycles. The molecule has 0 N–H and O–H groups in total. The molecule has 0 fully saturated rings. The molecule has 1 atom stereocenters. The van der Waals surface area contributed by atoms with E-state index in [0.717, 1.165) is 36.7 Å². The summed E-state index contributed by atoms with van der Waals surface area (Å²) in [6.45, 7) is 6.33. The van der Waals surface area contributed by atoms with Gasteiger partial charge >= 0.3 is 0 Å². The Morgan fingerprint density at radius 3 is 2.50 bits per heavy atom. The molecule has 24 heavy (non-hydrogen) atoms. The predicted octanol–water partition coefficient (Wildman–Crippen LogP) is 3.09. The molecule has 0 saturated heterocycles. The summed E-state index contributed by atoms with van der Waals surface area (Å²) in [5.74, 6) is 0. The molecular formula is C19H30N2O3. The molecule has 5 nitrogen and oxygen atoms in total. The van der Waals surface area contributed by atoms with Gasteiger partial charge in [0, 0.05) is 32.4 Å². The van der Waals surface area contributed by atoms with E-state index >= 15 is 0 Å². The fraction of sp³-hybridized carbons (Fsp3) is 0.526. The second-order valence-electron chi connectivity index (χ2n) is 5.14. The number of carbonyl (C=O) groups excluding carboxylic acids is 2. The van der Waals surface area contributed by atoms with Crippen molar-refractivity contribution in [1.82, 2.24) is 0 Å². The normalized spacial score (nSPS) is 15.5. The highest BCUT2D eigenvalue weighted by Crippen LogP contribution is 2.32. The highest BCUT2D eigenvalue weighted by atomic mass is 16.4. The number of hydrogen-bond acceptors (Lipinski definition) is 4. The van der Waals surface area contributed by atoms with Crippen LogP contribution in [-0.4, -0.2) is 45.7 Å². The molecule has 5 heteroatoms. The number of hydrogen-bond donors (Lipinski definition) is 0. The fourth-order valence-electron chi connectivity index (χ4n) is 2.52. The average Bonchev–Trinajstić information content (AvgIpc) is 2.60. The Kier molecular flexibility index (Phi) is 12.3. The molecule has 0 aromatic heterocycles. The molecule has 0 aliphatic carbocycles. The smallest absolute Gasteiger partial charge is 0.141 e. The van der Waals surface area contributed by atoms with Crippen molar-refractivity contribution >= 4 is 24.6 Å². The molecule has 2 rings (SSSR count). The predicted molar refractivity (Wildman–Crippen MR) is 100 cm³/mol. The largest absolute Gasteiger partial charge is 0.388 e. The van der Waals surface area contributed by atoms with Gasteiger partial charge in [-0.2, -0.15) is 0 Å². The van der Waals surface area contributed by atoms with Crippen LogP contribution in [0.15, 0.2) is 23.2 Å². The van der Waals surface area contributed by atoms with Gasteiger partial charge in [-0.25, -0.2) is 0 Å². The van der Waals surface area contributed by atoms with Gasteiger partial charge in [-0.3, -0.25) is 4.99 Å². The molecule has 0 radical (unpaired) electrons. The summed E-state index contributed by atoms with van der Waals surface area (Å²) in [6.07, 6.45) is 5.93. The third-order valence-electron chi connectivity index (χ3n) is 3.50. The number of carbonyl (C=O) groups is 2. The number of methoxy groups -OCH3 is 1. The van der Waals surface area contributed by atoms with Gasteiger partial charge in [-0.15, -0.1) is 0 Å². The first-order chi connectivity index (χ1) is 11.7. The monoisotopic (exact) mass is 334 g/mol. The maximum atomic E-state index is 10.7. The minimum Gasteiger partial charge on any atom is -0.388 e. The molecular weight excluding hydrogens is 304 g/mol. The van der Waals surface area contributed by atoms with Crippen molar-refractivity contribution in [2.75, 3.05) is 25.7 Å². The summed E-state index contributed by atoms with van der Waals surface area (Å²) in [5, 5.41) is 0. The quantitative estimate of drug-likeness (QED) is 0.472. The van der Waals surface area contributed by atoms with E-state index in [1.165, 1.54) is 5.56 Å². The van der Waals surface area contributed by atoms with E-state index in [1.54, 1.807) is 20.6 Å². The Morgan fingerprint density at radius 1 is 1.25 bits per heavy atom. The van der Waals surface area contributed by atoms with Gasteiger partial charge < -0.3 is 19.2 Å². The number of nitrogens with zero attached hydrogens (tertiary/aromatic N) is 2. The van der Waals surface area contributed by atoms with Crippen LogP contribution < -0.4 is 4.90 Å². The number of anilines is 1. The minimum atomic E-state index is 0.187. The number of fused-ring (bicyclic) bond motifs is 1. The van der Waals surface area contributed by atoms with Gasteiger partial charge in [0.2, 0.25) is 0 Å². The second-order valence-corrected chi connectivity index (χ2v) is 5.14. The van der Waals surface area contributed by atoms with Crippen molar-refractivity contribution in [1.29, 1.82) is 0 Å². The van der Waals surface area contributed by atoms with Crippen molar-refractivity contribution < 1.29 is 14.3 Å². The standard InChI is InChI=1S/C15H18N2O2.C2H6O.C2H6/c1-12-5-6-14-13(7-9-18)3-2-4-15(14)17(12)11-16-8-10-19;1-3-2;1-2/h2-4,9-12H,5-8H2,1H3;1-2H3;1-2H3. The number of ether oxygens (including phenoxy) is 1. The van der Waals surface area contributed by atoms with E-state index in [0.29, 0.717) is 12.5 Å². The van der Waals surface area contributed by atoms with Crippen LogP contribution in [0.5, 0.6) is 0 Å².